The predicted octanol–water partition coefficient (Wildman–Crippen LogP) is 4.35. The van der Waals surface area contributed by atoms with Gasteiger partial charge in [0.15, 0.2) is 11.4 Å². The Balaban J connectivity index is 1.08. The van der Waals surface area contributed by atoms with Crippen LogP contribution in [0.3, 0.4) is 0 Å². The summed E-state index contributed by atoms with van der Waals surface area (Å²) in [7, 11) is 0. The number of para-hydroxylation sites is 1. The summed E-state index contributed by atoms with van der Waals surface area (Å²) in [5.41, 5.74) is 6.74. The largest absolute Gasteiger partial charge is 0.361 e. The highest BCUT2D eigenvalue weighted by molar-refractivity contribution is 6.04. The zero-order valence-electron chi connectivity index (χ0n) is 22.8. The van der Waals surface area contributed by atoms with Crippen molar-refractivity contribution in [2.45, 2.75) is 39.2 Å². The Kier molecular flexibility index (Phi) is 6.81. The smallest absolute Gasteiger partial charge is 0.324 e. The van der Waals surface area contributed by atoms with Crippen LogP contribution in [0.15, 0.2) is 67.1 Å². The molecule has 0 saturated carbocycles. The van der Waals surface area contributed by atoms with Crippen molar-refractivity contribution in [1.29, 1.82) is 0 Å². The number of hydrogen-bond donors (Lipinski definition) is 2. The highest BCUT2D eigenvalue weighted by Gasteiger charge is 2.37. The van der Waals surface area contributed by atoms with Crippen molar-refractivity contribution in [3.8, 4) is 11.8 Å². The SMILES string of the molecule is Cc1ccc(C(=O)CCCN2C(=O)NC(Cc3c[nH]c4c(C)cccc34)C2=O)cc1C#Cc1cnc2cccnn12. The topological polar surface area (TPSA) is 112 Å². The number of hydrogen-bond acceptors (Lipinski definition) is 5. The van der Waals surface area contributed by atoms with Gasteiger partial charge in [-0.05, 0) is 61.1 Å². The number of H-pyrrole nitrogens is 1. The van der Waals surface area contributed by atoms with Gasteiger partial charge in [0.05, 0.1) is 6.20 Å². The fraction of sp³-hybridized carbons (Fsp3) is 0.219. The highest BCUT2D eigenvalue weighted by atomic mass is 16.2. The van der Waals surface area contributed by atoms with Crippen molar-refractivity contribution in [1.82, 2.24) is 29.8 Å². The molecule has 1 unspecified atom stereocenters. The second-order valence-electron chi connectivity index (χ2n) is 10.3. The summed E-state index contributed by atoms with van der Waals surface area (Å²) in [6, 6.07) is 14.1. The first-order valence-electron chi connectivity index (χ1n) is 13.5. The van der Waals surface area contributed by atoms with Crippen molar-refractivity contribution in [3.05, 3.63) is 101 Å². The number of aromatic nitrogens is 4. The summed E-state index contributed by atoms with van der Waals surface area (Å²) in [6.07, 6.45) is 6.22. The van der Waals surface area contributed by atoms with E-state index >= 15 is 0 Å². The molecule has 0 spiro atoms. The molecule has 4 heterocycles. The van der Waals surface area contributed by atoms with Gasteiger partial charge in [-0.2, -0.15) is 5.10 Å². The normalized spacial score (nSPS) is 14.9. The highest BCUT2D eigenvalue weighted by Crippen LogP contribution is 2.24. The molecule has 41 heavy (non-hydrogen) atoms. The van der Waals surface area contributed by atoms with Crippen LogP contribution in [0.4, 0.5) is 4.79 Å². The zero-order valence-corrected chi connectivity index (χ0v) is 22.8. The zero-order chi connectivity index (χ0) is 28.5. The lowest BCUT2D eigenvalue weighted by Crippen LogP contribution is -2.33. The molecular formula is C32H28N6O3. The summed E-state index contributed by atoms with van der Waals surface area (Å²) >= 11 is 0. The van der Waals surface area contributed by atoms with Gasteiger partial charge in [-0.1, -0.05) is 36.3 Å². The fourth-order valence-electron chi connectivity index (χ4n) is 5.20. The number of carbonyl (C=O) groups is 3. The minimum Gasteiger partial charge on any atom is -0.361 e. The molecule has 1 aliphatic heterocycles. The van der Waals surface area contributed by atoms with Crippen molar-refractivity contribution in [2.75, 3.05) is 6.54 Å². The van der Waals surface area contributed by atoms with E-state index < -0.39 is 12.1 Å². The van der Waals surface area contributed by atoms with E-state index in [0.29, 0.717) is 29.7 Å². The van der Waals surface area contributed by atoms with Gasteiger partial charge < -0.3 is 10.3 Å². The molecule has 1 aliphatic rings. The minimum atomic E-state index is -0.626. The maximum atomic E-state index is 13.0. The number of amides is 3. The van der Waals surface area contributed by atoms with Crippen LogP contribution in [0, 0.1) is 25.7 Å². The van der Waals surface area contributed by atoms with Gasteiger partial charge in [0.2, 0.25) is 0 Å². The fourth-order valence-corrected chi connectivity index (χ4v) is 5.20. The maximum absolute atomic E-state index is 13.0. The van der Waals surface area contributed by atoms with Gasteiger partial charge >= 0.3 is 6.03 Å². The Morgan fingerprint density at radius 1 is 1.05 bits per heavy atom. The molecule has 6 rings (SSSR count). The average molecular weight is 545 g/mol. The quantitative estimate of drug-likeness (QED) is 0.180. The Morgan fingerprint density at radius 2 is 1.93 bits per heavy atom. The third kappa shape index (κ3) is 5.08. The first-order chi connectivity index (χ1) is 19.9. The van der Waals surface area contributed by atoms with E-state index in [2.05, 4.69) is 32.2 Å². The van der Waals surface area contributed by atoms with Crippen molar-refractivity contribution in [2.24, 2.45) is 0 Å². The van der Waals surface area contributed by atoms with Crippen LogP contribution in [0.25, 0.3) is 16.6 Å². The molecule has 1 saturated heterocycles. The van der Waals surface area contributed by atoms with E-state index in [4.69, 9.17) is 0 Å². The summed E-state index contributed by atoms with van der Waals surface area (Å²) in [4.78, 5) is 47.4. The van der Waals surface area contributed by atoms with Crippen LogP contribution in [-0.2, 0) is 11.2 Å². The Hall–Kier alpha value is -5.23. The predicted molar refractivity (Wildman–Crippen MR) is 154 cm³/mol. The van der Waals surface area contributed by atoms with Crippen LogP contribution in [0.2, 0.25) is 0 Å². The second-order valence-corrected chi connectivity index (χ2v) is 10.3. The molecule has 1 fully saturated rings. The van der Waals surface area contributed by atoms with Gasteiger partial charge in [0.25, 0.3) is 5.91 Å². The number of aryl methyl sites for hydroxylation is 2. The van der Waals surface area contributed by atoms with E-state index in [1.165, 1.54) is 4.90 Å². The van der Waals surface area contributed by atoms with Crippen LogP contribution < -0.4 is 5.32 Å². The van der Waals surface area contributed by atoms with E-state index in [1.54, 1.807) is 29.0 Å². The Morgan fingerprint density at radius 3 is 2.80 bits per heavy atom. The van der Waals surface area contributed by atoms with Gasteiger partial charge in [0.1, 0.15) is 11.7 Å². The van der Waals surface area contributed by atoms with Crippen molar-refractivity contribution >= 4 is 34.3 Å². The minimum absolute atomic E-state index is 0.0673. The molecule has 0 bridgehead atoms. The summed E-state index contributed by atoms with van der Waals surface area (Å²) in [6.45, 7) is 4.15. The molecular weight excluding hydrogens is 516 g/mol. The number of urea groups is 1. The standard InChI is InChI=1S/C32H28N6O3/c1-20-10-11-23(16-22(20)12-13-25-19-33-29-9-4-14-35-38(25)29)28(39)8-5-15-37-31(40)27(36-32(37)41)17-24-18-34-30-21(2)6-3-7-26(24)30/h3-4,6-7,9-11,14,16,18-19,27,34H,5,8,15,17H2,1-2H3,(H,36,41). The Labute approximate surface area is 236 Å². The van der Waals surface area contributed by atoms with Gasteiger partial charge in [-0.15, -0.1) is 0 Å². The van der Waals surface area contributed by atoms with Crippen LogP contribution in [0.5, 0.6) is 0 Å². The number of nitrogens with zero attached hydrogens (tertiary/aromatic N) is 4. The monoisotopic (exact) mass is 544 g/mol. The number of aromatic amines is 1. The number of imide groups is 1. The third-order valence-electron chi connectivity index (χ3n) is 7.49. The van der Waals surface area contributed by atoms with E-state index in [-0.39, 0.29) is 24.7 Å². The number of rotatable bonds is 7. The molecule has 9 heteroatoms. The lowest BCUT2D eigenvalue weighted by atomic mass is 10.0. The van der Waals surface area contributed by atoms with Gasteiger partial charge in [-0.25, -0.2) is 14.3 Å². The number of benzene rings is 2. The molecule has 9 nitrogen and oxygen atoms in total. The second kappa shape index (κ2) is 10.7. The molecule has 204 valence electrons. The van der Waals surface area contributed by atoms with E-state index in [0.717, 1.165) is 33.2 Å². The first kappa shape index (κ1) is 26.0. The molecule has 3 amide bonds. The average Bonchev–Trinajstić information content (AvgIpc) is 3.65. The molecule has 2 aromatic carbocycles. The van der Waals surface area contributed by atoms with Crippen LogP contribution in [0.1, 0.15) is 51.1 Å². The van der Waals surface area contributed by atoms with Crippen molar-refractivity contribution < 1.29 is 14.4 Å². The molecule has 3 aromatic heterocycles. The molecule has 5 aromatic rings. The Bertz CT molecular complexity index is 1890. The maximum Gasteiger partial charge on any atom is 0.324 e. The number of nitrogens with one attached hydrogen (secondary N) is 2. The molecule has 0 aliphatic carbocycles. The number of Topliss-reactive ketones (excluding diaryl/α,β-unsaturated/α-hetero) is 1. The summed E-state index contributed by atoms with van der Waals surface area (Å²) < 4.78 is 1.67. The number of fused-ring (bicyclic) bond motifs is 2. The lowest BCUT2D eigenvalue weighted by Gasteiger charge is -2.13. The lowest BCUT2D eigenvalue weighted by molar-refractivity contribution is -0.127. The molecule has 1 atom stereocenters. The van der Waals surface area contributed by atoms with Crippen LogP contribution in [-0.4, -0.2) is 54.8 Å². The van der Waals surface area contributed by atoms with Crippen molar-refractivity contribution in [3.63, 3.8) is 0 Å². The summed E-state index contributed by atoms with van der Waals surface area (Å²) in [5.74, 6) is 5.91. The number of carbonyl (C=O) groups excluding carboxylic acids is 3. The number of ketones is 1. The summed E-state index contributed by atoms with van der Waals surface area (Å²) in [5, 5.41) is 8.13. The number of imidazole rings is 1. The molecule has 0 radical (unpaired) electrons. The molecule has 2 N–H and O–H groups in total. The van der Waals surface area contributed by atoms with E-state index in [9.17, 15) is 14.4 Å². The van der Waals surface area contributed by atoms with E-state index in [1.807, 2.05) is 56.4 Å². The third-order valence-corrected chi connectivity index (χ3v) is 7.49. The van der Waals surface area contributed by atoms with Gasteiger partial charge in [-0.3, -0.25) is 14.5 Å². The van der Waals surface area contributed by atoms with Gasteiger partial charge in [0, 0.05) is 53.8 Å². The van der Waals surface area contributed by atoms with Crippen LogP contribution >= 0.6 is 0 Å². The first-order valence-corrected chi connectivity index (χ1v) is 13.5.